The van der Waals surface area contributed by atoms with Crippen molar-refractivity contribution in [1.29, 1.82) is 0 Å². The summed E-state index contributed by atoms with van der Waals surface area (Å²) >= 11 is 0. The predicted octanol–water partition coefficient (Wildman–Crippen LogP) is 3.15. The zero-order valence-corrected chi connectivity index (χ0v) is 11.1. The van der Waals surface area contributed by atoms with Crippen LogP contribution in [0.3, 0.4) is 0 Å². The molecule has 1 fully saturated rings. The van der Waals surface area contributed by atoms with Crippen LogP contribution in [0.5, 0.6) is 0 Å². The minimum Gasteiger partial charge on any atom is -0.364 e. The number of hydrogen-bond acceptors (Lipinski definition) is 4. The first kappa shape index (κ1) is 12.8. The van der Waals surface area contributed by atoms with Crippen LogP contribution in [0.25, 0.3) is 0 Å². The Bertz CT molecular complexity index is 467. The number of pyridine rings is 1. The van der Waals surface area contributed by atoms with Crippen LogP contribution >= 0.6 is 0 Å². The van der Waals surface area contributed by atoms with Gasteiger partial charge in [-0.05, 0) is 37.2 Å². The van der Waals surface area contributed by atoms with Crippen LogP contribution < -0.4 is 5.32 Å². The smallest absolute Gasteiger partial charge is 0.314 e. The van der Waals surface area contributed by atoms with Gasteiger partial charge in [0.2, 0.25) is 5.82 Å². The van der Waals surface area contributed by atoms with E-state index in [2.05, 4.69) is 24.1 Å². The van der Waals surface area contributed by atoms with Gasteiger partial charge in [0.05, 0.1) is 4.92 Å². The Balaban J connectivity index is 2.15. The molecular weight excluding hydrogens is 230 g/mol. The first-order valence-electron chi connectivity index (χ1n) is 6.30. The molecule has 1 aromatic heterocycles. The van der Waals surface area contributed by atoms with Gasteiger partial charge in [-0.3, -0.25) is 10.1 Å². The van der Waals surface area contributed by atoms with Crippen LogP contribution in [0.15, 0.2) is 12.3 Å². The van der Waals surface area contributed by atoms with E-state index in [4.69, 9.17) is 0 Å². The molecule has 0 radical (unpaired) electrons. The number of nitrogens with zero attached hydrogens (tertiary/aromatic N) is 2. The molecule has 0 spiro atoms. The van der Waals surface area contributed by atoms with E-state index in [1.807, 2.05) is 0 Å². The van der Waals surface area contributed by atoms with Gasteiger partial charge < -0.3 is 5.32 Å². The minimum absolute atomic E-state index is 0.0945. The molecule has 5 heteroatoms. The monoisotopic (exact) mass is 249 g/mol. The zero-order valence-electron chi connectivity index (χ0n) is 11.1. The van der Waals surface area contributed by atoms with Gasteiger partial charge in [0.1, 0.15) is 0 Å². The number of anilines is 1. The van der Waals surface area contributed by atoms with E-state index in [1.54, 1.807) is 19.2 Å². The lowest BCUT2D eigenvalue weighted by molar-refractivity contribution is -0.384. The highest BCUT2D eigenvalue weighted by Crippen LogP contribution is 2.51. The molecule has 0 saturated heterocycles. The van der Waals surface area contributed by atoms with Crippen LogP contribution in [0.4, 0.5) is 11.5 Å². The Morgan fingerprint density at radius 2 is 2.22 bits per heavy atom. The van der Waals surface area contributed by atoms with Crippen molar-refractivity contribution in [2.24, 2.45) is 11.3 Å². The van der Waals surface area contributed by atoms with Crippen LogP contribution in [0.1, 0.15) is 32.3 Å². The van der Waals surface area contributed by atoms with E-state index < -0.39 is 0 Å². The summed E-state index contributed by atoms with van der Waals surface area (Å²) in [5.74, 6) is 0.987. The lowest BCUT2D eigenvalue weighted by Gasteiger charge is -2.20. The van der Waals surface area contributed by atoms with Gasteiger partial charge in [-0.15, -0.1) is 0 Å². The summed E-state index contributed by atoms with van der Waals surface area (Å²) in [6, 6.07) is 1.67. The van der Waals surface area contributed by atoms with Crippen molar-refractivity contribution in [2.45, 2.75) is 33.6 Å². The number of nitrogens with one attached hydrogen (secondary N) is 1. The second-order valence-electron chi connectivity index (χ2n) is 5.45. The largest absolute Gasteiger partial charge is 0.364 e. The number of aryl methyl sites for hydroxylation is 1. The highest BCUT2D eigenvalue weighted by molar-refractivity contribution is 5.59. The molecule has 0 aromatic carbocycles. The van der Waals surface area contributed by atoms with Gasteiger partial charge in [0.15, 0.2) is 0 Å². The number of hydrogen-bond donors (Lipinski definition) is 1. The van der Waals surface area contributed by atoms with Crippen molar-refractivity contribution in [2.75, 3.05) is 11.9 Å². The Morgan fingerprint density at radius 3 is 2.72 bits per heavy atom. The van der Waals surface area contributed by atoms with Gasteiger partial charge in [0.25, 0.3) is 0 Å². The van der Waals surface area contributed by atoms with Crippen LogP contribution in [0, 0.1) is 28.4 Å². The maximum atomic E-state index is 11.0. The van der Waals surface area contributed by atoms with E-state index in [1.165, 1.54) is 12.8 Å². The highest BCUT2D eigenvalue weighted by atomic mass is 16.6. The number of nitro groups is 1. The summed E-state index contributed by atoms with van der Waals surface area (Å²) in [5.41, 5.74) is 1.04. The molecule has 1 aromatic rings. The molecule has 1 saturated carbocycles. The molecule has 0 atom stereocenters. The normalized spacial score (nSPS) is 16.7. The summed E-state index contributed by atoms with van der Waals surface area (Å²) in [6.07, 6.45) is 3.99. The summed E-state index contributed by atoms with van der Waals surface area (Å²) in [7, 11) is 0. The molecule has 0 bridgehead atoms. The Labute approximate surface area is 107 Å². The molecule has 1 N–H and O–H groups in total. The number of aromatic nitrogens is 1. The molecule has 0 amide bonds. The fourth-order valence-corrected chi connectivity index (χ4v) is 2.29. The zero-order chi connectivity index (χ0) is 13.3. The van der Waals surface area contributed by atoms with E-state index >= 15 is 0 Å². The highest BCUT2D eigenvalue weighted by Gasteiger charge is 2.45. The lowest BCUT2D eigenvalue weighted by Crippen LogP contribution is -2.21. The average Bonchev–Trinajstić information content (AvgIpc) is 3.06. The molecule has 18 heavy (non-hydrogen) atoms. The van der Waals surface area contributed by atoms with Gasteiger partial charge >= 0.3 is 5.69 Å². The quantitative estimate of drug-likeness (QED) is 0.643. The lowest BCUT2D eigenvalue weighted by atomic mass is 9.92. The second-order valence-corrected chi connectivity index (χ2v) is 5.45. The molecule has 98 valence electrons. The molecule has 1 aliphatic rings. The van der Waals surface area contributed by atoms with Crippen molar-refractivity contribution >= 4 is 11.5 Å². The van der Waals surface area contributed by atoms with Crippen molar-refractivity contribution in [1.82, 2.24) is 4.98 Å². The molecule has 0 aliphatic heterocycles. The van der Waals surface area contributed by atoms with Crippen molar-refractivity contribution in [3.05, 3.63) is 27.9 Å². The maximum Gasteiger partial charge on any atom is 0.314 e. The third kappa shape index (κ3) is 2.30. The van der Waals surface area contributed by atoms with Crippen molar-refractivity contribution < 1.29 is 4.92 Å². The van der Waals surface area contributed by atoms with E-state index in [-0.39, 0.29) is 10.6 Å². The van der Waals surface area contributed by atoms with E-state index in [0.29, 0.717) is 22.7 Å². The van der Waals surface area contributed by atoms with Crippen molar-refractivity contribution in [3.63, 3.8) is 0 Å². The third-order valence-electron chi connectivity index (χ3n) is 4.03. The van der Waals surface area contributed by atoms with E-state index in [9.17, 15) is 10.1 Å². The van der Waals surface area contributed by atoms with Crippen LogP contribution in [0.2, 0.25) is 0 Å². The Kier molecular flexibility index (Phi) is 3.24. The fourth-order valence-electron chi connectivity index (χ4n) is 2.29. The van der Waals surface area contributed by atoms with Gasteiger partial charge in [-0.2, -0.15) is 0 Å². The van der Waals surface area contributed by atoms with Crippen LogP contribution in [-0.2, 0) is 0 Å². The summed E-state index contributed by atoms with van der Waals surface area (Å²) in [4.78, 5) is 14.8. The van der Waals surface area contributed by atoms with Gasteiger partial charge in [-0.25, -0.2) is 4.98 Å². The summed E-state index contributed by atoms with van der Waals surface area (Å²) in [5, 5.41) is 14.2. The van der Waals surface area contributed by atoms with Gasteiger partial charge in [0, 0.05) is 18.3 Å². The van der Waals surface area contributed by atoms with Crippen LogP contribution in [-0.4, -0.2) is 16.5 Å². The predicted molar refractivity (Wildman–Crippen MR) is 70.6 cm³/mol. The first-order chi connectivity index (χ1) is 8.46. The Hall–Kier alpha value is -1.65. The molecule has 1 heterocycles. The molecule has 1 aliphatic carbocycles. The molecule has 5 nitrogen and oxygen atoms in total. The summed E-state index contributed by atoms with van der Waals surface area (Å²) in [6.45, 7) is 6.90. The first-order valence-corrected chi connectivity index (χ1v) is 6.30. The third-order valence-corrected chi connectivity index (χ3v) is 4.03. The topological polar surface area (TPSA) is 68.1 Å². The van der Waals surface area contributed by atoms with Gasteiger partial charge in [-0.1, -0.05) is 13.8 Å². The maximum absolute atomic E-state index is 11.0. The molecule has 0 unspecified atom stereocenters. The SMILES string of the molecule is Cc1ccnc(NCC2(C(C)C)CC2)c1[N+](=O)[O-]. The molecule has 2 rings (SSSR count). The Morgan fingerprint density at radius 1 is 1.56 bits per heavy atom. The standard InChI is InChI=1S/C13H19N3O2/c1-9(2)13(5-6-13)8-15-12-11(16(17)18)10(3)4-7-14-12/h4,7,9H,5-6,8H2,1-3H3,(H,14,15). The average molecular weight is 249 g/mol. The second kappa shape index (κ2) is 4.55. The molecular formula is C13H19N3O2. The van der Waals surface area contributed by atoms with Crippen molar-refractivity contribution in [3.8, 4) is 0 Å². The number of rotatable bonds is 5. The van der Waals surface area contributed by atoms with E-state index in [0.717, 1.165) is 6.54 Å². The summed E-state index contributed by atoms with van der Waals surface area (Å²) < 4.78 is 0. The minimum atomic E-state index is -0.361. The fraction of sp³-hybridized carbons (Fsp3) is 0.615.